The van der Waals surface area contributed by atoms with Crippen molar-refractivity contribution in [1.82, 2.24) is 0 Å². The molecule has 1 atom stereocenters. The Kier molecular flexibility index (Phi) is 3.41. The van der Waals surface area contributed by atoms with Crippen LogP contribution >= 0.6 is 0 Å². The first-order valence-electron chi connectivity index (χ1n) is 6.72. The van der Waals surface area contributed by atoms with Crippen molar-refractivity contribution in [2.45, 2.75) is 18.9 Å². The molecule has 0 amide bonds. The number of hydrogen-bond acceptors (Lipinski definition) is 3. The minimum atomic E-state index is -0.726. The third-order valence-corrected chi connectivity index (χ3v) is 3.61. The molecule has 0 bridgehead atoms. The molecule has 0 radical (unpaired) electrons. The van der Waals surface area contributed by atoms with E-state index in [1.54, 1.807) is 24.3 Å². The van der Waals surface area contributed by atoms with Crippen LogP contribution in [-0.2, 0) is 6.42 Å². The summed E-state index contributed by atoms with van der Waals surface area (Å²) in [5.74, 6) is 0.815. The molecule has 1 unspecified atom stereocenters. The van der Waals surface area contributed by atoms with Crippen molar-refractivity contribution >= 4 is 0 Å². The Hall–Kier alpha value is -2.31. The van der Waals surface area contributed by atoms with Gasteiger partial charge in [-0.05, 0) is 36.1 Å². The minimum absolute atomic E-state index is 0.590. The number of aliphatic hydroxyl groups excluding tert-OH is 1. The topological polar surface area (TPSA) is 53.2 Å². The zero-order valence-corrected chi connectivity index (χ0v) is 11.0. The zero-order valence-electron chi connectivity index (χ0n) is 11.0. The maximum atomic E-state index is 10.5. The average Bonchev–Trinajstić information content (AvgIpc) is 2.54. The molecule has 3 rings (SSSR count). The molecule has 2 aromatic carbocycles. The van der Waals surface area contributed by atoms with Crippen molar-refractivity contribution in [3.63, 3.8) is 0 Å². The van der Waals surface area contributed by atoms with E-state index in [9.17, 15) is 5.11 Å². The lowest BCUT2D eigenvalue weighted by Gasteiger charge is -2.23. The van der Waals surface area contributed by atoms with Gasteiger partial charge in [0.15, 0.2) is 0 Å². The Morgan fingerprint density at radius 1 is 1.15 bits per heavy atom. The van der Waals surface area contributed by atoms with Gasteiger partial charge >= 0.3 is 0 Å². The second-order valence-corrected chi connectivity index (χ2v) is 4.92. The molecular formula is C17H15NO2. The zero-order chi connectivity index (χ0) is 13.9. The minimum Gasteiger partial charge on any atom is -0.493 e. The average molecular weight is 265 g/mol. The third-order valence-electron chi connectivity index (χ3n) is 3.61. The standard InChI is InChI=1S/C17H15NO2/c18-11-12-6-8-13(9-7-12)16(19)15-5-1-3-14-4-2-10-20-17(14)15/h1,3,5-9,16,19H,2,4,10H2. The smallest absolute Gasteiger partial charge is 0.128 e. The van der Waals surface area contributed by atoms with Crippen LogP contribution in [0.25, 0.3) is 0 Å². The Bertz CT molecular complexity index is 656. The number of rotatable bonds is 2. The quantitative estimate of drug-likeness (QED) is 0.908. The fourth-order valence-corrected chi connectivity index (χ4v) is 2.55. The van der Waals surface area contributed by atoms with Gasteiger partial charge in [-0.25, -0.2) is 0 Å². The number of fused-ring (bicyclic) bond motifs is 1. The van der Waals surface area contributed by atoms with Gasteiger partial charge in [0.2, 0.25) is 0 Å². The molecular weight excluding hydrogens is 250 g/mol. The predicted octanol–water partition coefficient (Wildman–Crippen LogP) is 2.96. The molecule has 1 aliphatic rings. The number of benzene rings is 2. The number of aryl methyl sites for hydroxylation is 1. The van der Waals surface area contributed by atoms with Crippen molar-refractivity contribution in [1.29, 1.82) is 5.26 Å². The molecule has 0 fully saturated rings. The summed E-state index contributed by atoms with van der Waals surface area (Å²) in [6.45, 7) is 0.699. The van der Waals surface area contributed by atoms with E-state index in [1.807, 2.05) is 18.2 Å². The molecule has 1 N–H and O–H groups in total. The molecule has 0 aliphatic carbocycles. The monoisotopic (exact) mass is 265 g/mol. The van der Waals surface area contributed by atoms with Crippen molar-refractivity contribution in [3.05, 3.63) is 64.7 Å². The molecule has 3 heteroatoms. The highest BCUT2D eigenvalue weighted by Crippen LogP contribution is 2.35. The molecule has 0 spiro atoms. The summed E-state index contributed by atoms with van der Waals surface area (Å²) in [7, 11) is 0. The van der Waals surface area contributed by atoms with E-state index in [0.717, 1.165) is 35.3 Å². The van der Waals surface area contributed by atoms with Crippen LogP contribution in [0.15, 0.2) is 42.5 Å². The Morgan fingerprint density at radius 2 is 1.95 bits per heavy atom. The van der Waals surface area contributed by atoms with Gasteiger partial charge < -0.3 is 9.84 Å². The number of hydrogen-bond donors (Lipinski definition) is 1. The summed E-state index contributed by atoms with van der Waals surface area (Å²) in [6, 6.07) is 15.0. The van der Waals surface area contributed by atoms with Crippen molar-refractivity contribution in [3.8, 4) is 11.8 Å². The van der Waals surface area contributed by atoms with Crippen LogP contribution in [0, 0.1) is 11.3 Å². The van der Waals surface area contributed by atoms with Crippen LogP contribution in [0.3, 0.4) is 0 Å². The van der Waals surface area contributed by atoms with E-state index in [0.29, 0.717) is 12.2 Å². The number of para-hydroxylation sites is 1. The Morgan fingerprint density at radius 3 is 2.70 bits per heavy atom. The van der Waals surface area contributed by atoms with Gasteiger partial charge in [-0.1, -0.05) is 30.3 Å². The molecule has 20 heavy (non-hydrogen) atoms. The first kappa shape index (κ1) is 12.7. The lowest BCUT2D eigenvalue weighted by molar-refractivity contribution is 0.206. The van der Waals surface area contributed by atoms with Crippen LogP contribution in [0.5, 0.6) is 5.75 Å². The third kappa shape index (κ3) is 2.26. The van der Waals surface area contributed by atoms with Gasteiger partial charge in [0.25, 0.3) is 0 Å². The summed E-state index contributed by atoms with van der Waals surface area (Å²) in [4.78, 5) is 0. The number of aliphatic hydroxyl groups is 1. The molecule has 0 aromatic heterocycles. The maximum Gasteiger partial charge on any atom is 0.128 e. The largest absolute Gasteiger partial charge is 0.493 e. The molecule has 1 heterocycles. The molecule has 1 aliphatic heterocycles. The van der Waals surface area contributed by atoms with Gasteiger partial charge in [-0.2, -0.15) is 5.26 Å². The summed E-state index contributed by atoms with van der Waals surface area (Å²) in [5.41, 5.74) is 3.31. The Labute approximate surface area is 118 Å². The molecule has 3 nitrogen and oxygen atoms in total. The van der Waals surface area contributed by atoms with Crippen molar-refractivity contribution < 1.29 is 9.84 Å². The van der Waals surface area contributed by atoms with Gasteiger partial charge in [-0.15, -0.1) is 0 Å². The van der Waals surface area contributed by atoms with Gasteiger partial charge in [0, 0.05) is 5.56 Å². The highest BCUT2D eigenvalue weighted by Gasteiger charge is 2.20. The first-order valence-corrected chi connectivity index (χ1v) is 6.72. The molecule has 100 valence electrons. The highest BCUT2D eigenvalue weighted by molar-refractivity contribution is 5.47. The van der Waals surface area contributed by atoms with Crippen molar-refractivity contribution in [2.24, 2.45) is 0 Å². The molecule has 2 aromatic rings. The van der Waals surface area contributed by atoms with Gasteiger partial charge in [-0.3, -0.25) is 0 Å². The van der Waals surface area contributed by atoms with E-state index < -0.39 is 6.10 Å². The maximum absolute atomic E-state index is 10.5. The Balaban J connectivity index is 1.97. The van der Waals surface area contributed by atoms with E-state index in [4.69, 9.17) is 10.00 Å². The lowest BCUT2D eigenvalue weighted by atomic mass is 9.95. The van der Waals surface area contributed by atoms with Crippen LogP contribution in [0.4, 0.5) is 0 Å². The fourth-order valence-electron chi connectivity index (χ4n) is 2.55. The van der Waals surface area contributed by atoms with Crippen LogP contribution in [0.2, 0.25) is 0 Å². The van der Waals surface area contributed by atoms with E-state index in [-0.39, 0.29) is 0 Å². The SMILES string of the molecule is N#Cc1ccc(C(O)c2cccc3c2OCCC3)cc1. The summed E-state index contributed by atoms with van der Waals surface area (Å²) >= 11 is 0. The number of ether oxygens (including phenoxy) is 1. The van der Waals surface area contributed by atoms with Crippen LogP contribution in [-0.4, -0.2) is 11.7 Å². The normalized spacial score (nSPS) is 14.8. The van der Waals surface area contributed by atoms with E-state index in [1.165, 1.54) is 0 Å². The summed E-state index contributed by atoms with van der Waals surface area (Å²) < 4.78 is 5.73. The number of nitrogens with zero attached hydrogens (tertiary/aromatic N) is 1. The van der Waals surface area contributed by atoms with Gasteiger partial charge in [0.05, 0.1) is 18.2 Å². The summed E-state index contributed by atoms with van der Waals surface area (Å²) in [6.07, 6.45) is 1.28. The second-order valence-electron chi connectivity index (χ2n) is 4.92. The van der Waals surface area contributed by atoms with Crippen molar-refractivity contribution in [2.75, 3.05) is 6.61 Å². The lowest BCUT2D eigenvalue weighted by Crippen LogP contribution is -2.12. The first-order chi connectivity index (χ1) is 9.79. The summed E-state index contributed by atoms with van der Waals surface area (Å²) in [5, 5.41) is 19.4. The molecule has 0 saturated heterocycles. The van der Waals surface area contributed by atoms with Crippen LogP contribution < -0.4 is 4.74 Å². The van der Waals surface area contributed by atoms with Crippen LogP contribution in [0.1, 0.15) is 34.8 Å². The highest BCUT2D eigenvalue weighted by atomic mass is 16.5. The fraction of sp³-hybridized carbons (Fsp3) is 0.235. The molecule has 0 saturated carbocycles. The predicted molar refractivity (Wildman–Crippen MR) is 75.5 cm³/mol. The second kappa shape index (κ2) is 5.36. The number of nitriles is 1. The van der Waals surface area contributed by atoms with E-state index >= 15 is 0 Å². The van der Waals surface area contributed by atoms with Gasteiger partial charge in [0.1, 0.15) is 11.9 Å². The van der Waals surface area contributed by atoms with E-state index in [2.05, 4.69) is 6.07 Å².